The number of nitrogens with two attached hydrogens (primary N) is 1. The second-order valence-corrected chi connectivity index (χ2v) is 4.08. The van der Waals surface area contributed by atoms with Gasteiger partial charge in [-0.1, -0.05) is 42.3 Å². The normalized spacial score (nSPS) is 10.0. The maximum atomic E-state index is 6.07. The summed E-state index contributed by atoms with van der Waals surface area (Å²) < 4.78 is 0. The van der Waals surface area contributed by atoms with Crippen LogP contribution < -0.4 is 5.73 Å². The van der Waals surface area contributed by atoms with E-state index in [1.807, 2.05) is 54.6 Å². The molecular weight excluding hydrogens is 220 g/mol. The molecular formula is C16H12N2. The van der Waals surface area contributed by atoms with Gasteiger partial charge in [-0.05, 0) is 24.1 Å². The SMILES string of the molecule is Nc1c(C#Cc2ccccc2)[nH]c2ccccc12. The van der Waals surface area contributed by atoms with Crippen molar-refractivity contribution in [2.45, 2.75) is 0 Å². The van der Waals surface area contributed by atoms with E-state index in [1.54, 1.807) is 0 Å². The molecule has 2 nitrogen and oxygen atoms in total. The van der Waals surface area contributed by atoms with Crippen molar-refractivity contribution in [2.24, 2.45) is 0 Å². The van der Waals surface area contributed by atoms with Gasteiger partial charge in [0.05, 0.1) is 5.69 Å². The summed E-state index contributed by atoms with van der Waals surface area (Å²) in [7, 11) is 0. The number of rotatable bonds is 0. The Morgan fingerprint density at radius 2 is 1.56 bits per heavy atom. The molecule has 0 aliphatic heterocycles. The first-order chi connectivity index (χ1) is 8.84. The summed E-state index contributed by atoms with van der Waals surface area (Å²) in [6.45, 7) is 0. The lowest BCUT2D eigenvalue weighted by atomic mass is 10.2. The molecule has 0 radical (unpaired) electrons. The van der Waals surface area contributed by atoms with Crippen molar-refractivity contribution in [3.05, 3.63) is 65.9 Å². The average molecular weight is 232 g/mol. The molecule has 18 heavy (non-hydrogen) atoms. The molecule has 0 unspecified atom stereocenters. The molecule has 3 aromatic rings. The summed E-state index contributed by atoms with van der Waals surface area (Å²) in [5.41, 5.74) is 9.57. The third kappa shape index (κ3) is 1.83. The van der Waals surface area contributed by atoms with Gasteiger partial charge >= 0.3 is 0 Å². The number of H-pyrrole nitrogens is 1. The Labute approximate surface area is 105 Å². The summed E-state index contributed by atoms with van der Waals surface area (Å²) in [6, 6.07) is 17.8. The number of benzene rings is 2. The second kappa shape index (κ2) is 4.31. The van der Waals surface area contributed by atoms with Crippen LogP contribution in [0.3, 0.4) is 0 Å². The number of para-hydroxylation sites is 1. The summed E-state index contributed by atoms with van der Waals surface area (Å²) in [4.78, 5) is 3.24. The fourth-order valence-electron chi connectivity index (χ4n) is 1.92. The van der Waals surface area contributed by atoms with E-state index in [0.717, 1.165) is 22.2 Å². The number of hydrogen-bond acceptors (Lipinski definition) is 1. The lowest BCUT2D eigenvalue weighted by molar-refractivity contribution is 1.42. The van der Waals surface area contributed by atoms with E-state index >= 15 is 0 Å². The molecule has 3 rings (SSSR count). The first-order valence-corrected chi connectivity index (χ1v) is 5.78. The van der Waals surface area contributed by atoms with Gasteiger partial charge in [-0.3, -0.25) is 0 Å². The van der Waals surface area contributed by atoms with Gasteiger partial charge in [0.25, 0.3) is 0 Å². The molecule has 2 heteroatoms. The van der Waals surface area contributed by atoms with Crippen molar-refractivity contribution in [1.29, 1.82) is 0 Å². The third-order valence-electron chi connectivity index (χ3n) is 2.85. The summed E-state index contributed by atoms with van der Waals surface area (Å²) in [5.74, 6) is 6.19. The van der Waals surface area contributed by atoms with Crippen LogP contribution in [0.25, 0.3) is 10.9 Å². The van der Waals surface area contributed by atoms with Crippen molar-refractivity contribution in [1.82, 2.24) is 4.98 Å². The fourth-order valence-corrected chi connectivity index (χ4v) is 1.92. The number of fused-ring (bicyclic) bond motifs is 1. The zero-order chi connectivity index (χ0) is 12.4. The van der Waals surface area contributed by atoms with Crippen molar-refractivity contribution >= 4 is 16.6 Å². The molecule has 0 fully saturated rings. The van der Waals surface area contributed by atoms with Crippen LogP contribution in [0.4, 0.5) is 5.69 Å². The van der Waals surface area contributed by atoms with Gasteiger partial charge in [0.1, 0.15) is 5.69 Å². The minimum atomic E-state index is 0.717. The van der Waals surface area contributed by atoms with Crippen molar-refractivity contribution in [2.75, 3.05) is 5.73 Å². The van der Waals surface area contributed by atoms with Crippen LogP contribution in [0, 0.1) is 11.8 Å². The standard InChI is InChI=1S/C16H12N2/c17-16-13-8-4-5-9-14(13)18-15(16)11-10-12-6-2-1-3-7-12/h1-9,18H,17H2. The van der Waals surface area contributed by atoms with Crippen LogP contribution in [-0.4, -0.2) is 4.98 Å². The van der Waals surface area contributed by atoms with E-state index in [1.165, 1.54) is 0 Å². The van der Waals surface area contributed by atoms with Gasteiger partial charge in [0.2, 0.25) is 0 Å². The maximum absolute atomic E-state index is 6.07. The molecule has 0 saturated carbocycles. The minimum Gasteiger partial charge on any atom is -0.396 e. The Morgan fingerprint density at radius 1 is 0.833 bits per heavy atom. The van der Waals surface area contributed by atoms with E-state index in [2.05, 4.69) is 16.8 Å². The molecule has 0 aliphatic carbocycles. The predicted octanol–water partition coefficient (Wildman–Crippen LogP) is 3.15. The van der Waals surface area contributed by atoms with Crippen LogP contribution in [0.2, 0.25) is 0 Å². The van der Waals surface area contributed by atoms with E-state index < -0.39 is 0 Å². The number of aromatic amines is 1. The van der Waals surface area contributed by atoms with Crippen LogP contribution in [0.1, 0.15) is 11.3 Å². The molecule has 0 atom stereocenters. The summed E-state index contributed by atoms with van der Waals surface area (Å²) >= 11 is 0. The van der Waals surface area contributed by atoms with Crippen LogP contribution >= 0.6 is 0 Å². The van der Waals surface area contributed by atoms with Gasteiger partial charge in [-0.2, -0.15) is 0 Å². The Balaban J connectivity index is 2.06. The summed E-state index contributed by atoms with van der Waals surface area (Å²) in [6.07, 6.45) is 0. The highest BCUT2D eigenvalue weighted by Gasteiger charge is 2.04. The van der Waals surface area contributed by atoms with Crippen LogP contribution in [-0.2, 0) is 0 Å². The molecule has 1 aromatic heterocycles. The molecule has 0 amide bonds. The molecule has 1 heterocycles. The number of nitrogens with one attached hydrogen (secondary N) is 1. The van der Waals surface area contributed by atoms with Gasteiger partial charge in [-0.15, -0.1) is 0 Å². The highest BCUT2D eigenvalue weighted by Crippen LogP contribution is 2.23. The number of hydrogen-bond donors (Lipinski definition) is 2. The molecule has 0 saturated heterocycles. The second-order valence-electron chi connectivity index (χ2n) is 4.08. The van der Waals surface area contributed by atoms with Crippen molar-refractivity contribution < 1.29 is 0 Å². The topological polar surface area (TPSA) is 41.8 Å². The fraction of sp³-hybridized carbons (Fsp3) is 0. The van der Waals surface area contributed by atoms with Crippen molar-refractivity contribution in [3.8, 4) is 11.8 Å². The van der Waals surface area contributed by atoms with Crippen LogP contribution in [0.5, 0.6) is 0 Å². The van der Waals surface area contributed by atoms with Crippen molar-refractivity contribution in [3.63, 3.8) is 0 Å². The predicted molar refractivity (Wildman–Crippen MR) is 75.1 cm³/mol. The van der Waals surface area contributed by atoms with E-state index in [-0.39, 0.29) is 0 Å². The Morgan fingerprint density at radius 3 is 2.33 bits per heavy atom. The zero-order valence-corrected chi connectivity index (χ0v) is 9.77. The van der Waals surface area contributed by atoms with Gasteiger partial charge in [-0.25, -0.2) is 0 Å². The summed E-state index contributed by atoms with van der Waals surface area (Å²) in [5, 5.41) is 1.02. The van der Waals surface area contributed by atoms with E-state index in [9.17, 15) is 0 Å². The largest absolute Gasteiger partial charge is 0.396 e. The third-order valence-corrected chi connectivity index (χ3v) is 2.85. The highest BCUT2D eigenvalue weighted by molar-refractivity contribution is 5.94. The Bertz CT molecular complexity index is 743. The quantitative estimate of drug-likeness (QED) is 0.574. The Kier molecular flexibility index (Phi) is 2.51. The maximum Gasteiger partial charge on any atom is 0.114 e. The molecule has 2 aromatic carbocycles. The average Bonchev–Trinajstić information content (AvgIpc) is 2.75. The monoisotopic (exact) mass is 232 g/mol. The Hall–Kier alpha value is -2.66. The highest BCUT2D eigenvalue weighted by atomic mass is 14.8. The molecule has 0 bridgehead atoms. The first kappa shape index (κ1) is 10.5. The van der Waals surface area contributed by atoms with E-state index in [0.29, 0.717) is 5.69 Å². The first-order valence-electron chi connectivity index (χ1n) is 5.78. The number of aromatic nitrogens is 1. The number of anilines is 1. The van der Waals surface area contributed by atoms with Gasteiger partial charge < -0.3 is 10.7 Å². The molecule has 0 aliphatic rings. The lowest BCUT2D eigenvalue weighted by Crippen LogP contribution is -1.86. The van der Waals surface area contributed by atoms with E-state index in [4.69, 9.17) is 5.73 Å². The molecule has 86 valence electrons. The van der Waals surface area contributed by atoms with Gasteiger partial charge in [0, 0.05) is 16.5 Å². The number of nitrogen functional groups attached to an aromatic ring is 1. The zero-order valence-electron chi connectivity index (χ0n) is 9.77. The molecule has 0 spiro atoms. The van der Waals surface area contributed by atoms with Gasteiger partial charge in [0.15, 0.2) is 0 Å². The smallest absolute Gasteiger partial charge is 0.114 e. The lowest BCUT2D eigenvalue weighted by Gasteiger charge is -1.89. The molecule has 3 N–H and O–H groups in total. The minimum absolute atomic E-state index is 0.717. The van der Waals surface area contributed by atoms with Crippen LogP contribution in [0.15, 0.2) is 54.6 Å².